The SMILES string of the molecule is O=C(OCC(=O)N(CCc1ccccc1)Cc1ccccc1)c1ccsc1. The first-order valence-electron chi connectivity index (χ1n) is 8.77. The summed E-state index contributed by atoms with van der Waals surface area (Å²) in [6.07, 6.45) is 0.748. The summed E-state index contributed by atoms with van der Waals surface area (Å²) in [5, 5.41) is 3.52. The average Bonchev–Trinajstić information content (AvgIpc) is 3.25. The Morgan fingerprint density at radius 2 is 1.56 bits per heavy atom. The molecule has 1 aromatic heterocycles. The van der Waals surface area contributed by atoms with E-state index in [0.29, 0.717) is 18.7 Å². The predicted molar refractivity (Wildman–Crippen MR) is 107 cm³/mol. The molecule has 0 aliphatic carbocycles. The average molecular weight is 379 g/mol. The Kier molecular flexibility index (Phi) is 6.77. The number of ether oxygens (including phenoxy) is 1. The molecular weight excluding hydrogens is 358 g/mol. The highest BCUT2D eigenvalue weighted by Gasteiger charge is 2.17. The van der Waals surface area contributed by atoms with Gasteiger partial charge in [0.1, 0.15) is 0 Å². The lowest BCUT2D eigenvalue weighted by Gasteiger charge is -2.23. The molecule has 0 aliphatic heterocycles. The lowest BCUT2D eigenvalue weighted by molar-refractivity contribution is -0.135. The molecule has 3 rings (SSSR count). The maximum Gasteiger partial charge on any atom is 0.339 e. The minimum atomic E-state index is -0.465. The Morgan fingerprint density at radius 1 is 0.889 bits per heavy atom. The summed E-state index contributed by atoms with van der Waals surface area (Å²) in [6.45, 7) is 0.798. The smallest absolute Gasteiger partial charge is 0.339 e. The second-order valence-corrected chi connectivity index (χ2v) is 6.90. The number of hydrogen-bond donors (Lipinski definition) is 0. The third-order valence-corrected chi connectivity index (χ3v) is 4.85. The van der Waals surface area contributed by atoms with Crippen LogP contribution in [0.5, 0.6) is 0 Å². The van der Waals surface area contributed by atoms with E-state index < -0.39 is 5.97 Å². The van der Waals surface area contributed by atoms with Crippen LogP contribution in [0.2, 0.25) is 0 Å². The van der Waals surface area contributed by atoms with Crippen LogP contribution in [0.15, 0.2) is 77.5 Å². The molecule has 0 N–H and O–H groups in total. The molecule has 1 amide bonds. The molecule has 0 atom stereocenters. The molecule has 0 fully saturated rings. The number of esters is 1. The van der Waals surface area contributed by atoms with Crippen LogP contribution in [0.1, 0.15) is 21.5 Å². The van der Waals surface area contributed by atoms with Crippen LogP contribution in [-0.4, -0.2) is 29.9 Å². The van der Waals surface area contributed by atoms with E-state index in [2.05, 4.69) is 0 Å². The lowest BCUT2D eigenvalue weighted by atomic mass is 10.1. The zero-order valence-electron chi connectivity index (χ0n) is 14.9. The van der Waals surface area contributed by atoms with E-state index in [4.69, 9.17) is 4.74 Å². The lowest BCUT2D eigenvalue weighted by Crippen LogP contribution is -2.35. The number of rotatable bonds is 8. The van der Waals surface area contributed by atoms with E-state index in [-0.39, 0.29) is 12.5 Å². The Balaban J connectivity index is 1.62. The fourth-order valence-electron chi connectivity index (χ4n) is 2.69. The summed E-state index contributed by atoms with van der Waals surface area (Å²) in [5.74, 6) is -0.661. The zero-order valence-corrected chi connectivity index (χ0v) is 15.7. The molecule has 2 aromatic carbocycles. The molecule has 0 aliphatic rings. The van der Waals surface area contributed by atoms with Crippen molar-refractivity contribution < 1.29 is 14.3 Å². The molecule has 3 aromatic rings. The highest BCUT2D eigenvalue weighted by molar-refractivity contribution is 7.08. The number of amides is 1. The number of nitrogens with zero attached hydrogens (tertiary/aromatic N) is 1. The van der Waals surface area contributed by atoms with Gasteiger partial charge in [-0.25, -0.2) is 4.79 Å². The van der Waals surface area contributed by atoms with Crippen molar-refractivity contribution in [2.24, 2.45) is 0 Å². The Morgan fingerprint density at radius 3 is 2.19 bits per heavy atom. The number of carbonyl (C=O) groups excluding carboxylic acids is 2. The number of benzene rings is 2. The van der Waals surface area contributed by atoms with Crippen LogP contribution < -0.4 is 0 Å². The first kappa shape index (κ1) is 18.9. The molecule has 0 saturated heterocycles. The van der Waals surface area contributed by atoms with Crippen LogP contribution >= 0.6 is 11.3 Å². The van der Waals surface area contributed by atoms with Gasteiger partial charge in [0, 0.05) is 18.5 Å². The number of hydrogen-bond acceptors (Lipinski definition) is 4. The number of carbonyl (C=O) groups is 2. The maximum atomic E-state index is 12.7. The van der Waals surface area contributed by atoms with Gasteiger partial charge in [0.2, 0.25) is 0 Å². The van der Waals surface area contributed by atoms with Crippen molar-refractivity contribution in [1.82, 2.24) is 4.90 Å². The third kappa shape index (κ3) is 5.79. The fourth-order valence-corrected chi connectivity index (χ4v) is 3.31. The molecule has 0 spiro atoms. The first-order chi connectivity index (χ1) is 13.2. The second kappa shape index (κ2) is 9.69. The maximum absolute atomic E-state index is 12.7. The van der Waals surface area contributed by atoms with Gasteiger partial charge >= 0.3 is 5.97 Å². The Labute approximate surface area is 163 Å². The highest BCUT2D eigenvalue weighted by atomic mass is 32.1. The van der Waals surface area contributed by atoms with Gasteiger partial charge in [-0.1, -0.05) is 60.7 Å². The topological polar surface area (TPSA) is 46.6 Å². The van der Waals surface area contributed by atoms with E-state index in [1.165, 1.54) is 16.9 Å². The summed E-state index contributed by atoms with van der Waals surface area (Å²) >= 11 is 1.42. The van der Waals surface area contributed by atoms with Gasteiger partial charge in [0.15, 0.2) is 6.61 Å². The van der Waals surface area contributed by atoms with Gasteiger partial charge in [-0.05, 0) is 29.0 Å². The van der Waals surface area contributed by atoms with E-state index in [0.717, 1.165) is 12.0 Å². The van der Waals surface area contributed by atoms with E-state index in [9.17, 15) is 9.59 Å². The van der Waals surface area contributed by atoms with Gasteiger partial charge in [-0.2, -0.15) is 11.3 Å². The Hall–Kier alpha value is -2.92. The normalized spacial score (nSPS) is 10.4. The molecule has 5 heteroatoms. The molecule has 0 saturated carbocycles. The van der Waals surface area contributed by atoms with Gasteiger partial charge in [0.25, 0.3) is 5.91 Å². The van der Waals surface area contributed by atoms with Crippen molar-refractivity contribution in [1.29, 1.82) is 0 Å². The van der Waals surface area contributed by atoms with Crippen molar-refractivity contribution in [2.75, 3.05) is 13.2 Å². The summed E-state index contributed by atoms with van der Waals surface area (Å²) in [7, 11) is 0. The van der Waals surface area contributed by atoms with Crippen LogP contribution in [0.4, 0.5) is 0 Å². The van der Waals surface area contributed by atoms with Crippen molar-refractivity contribution in [3.05, 3.63) is 94.2 Å². The molecule has 27 heavy (non-hydrogen) atoms. The van der Waals surface area contributed by atoms with Gasteiger partial charge in [-0.3, -0.25) is 4.79 Å². The molecule has 0 radical (unpaired) electrons. The van der Waals surface area contributed by atoms with Crippen LogP contribution in [0, 0.1) is 0 Å². The molecule has 0 unspecified atom stereocenters. The Bertz CT molecular complexity index is 848. The van der Waals surface area contributed by atoms with Crippen molar-refractivity contribution in [3.63, 3.8) is 0 Å². The van der Waals surface area contributed by atoms with Crippen molar-refractivity contribution >= 4 is 23.2 Å². The van der Waals surface area contributed by atoms with Crippen molar-refractivity contribution in [2.45, 2.75) is 13.0 Å². The monoisotopic (exact) mass is 379 g/mol. The predicted octanol–water partition coefficient (Wildman–Crippen LogP) is 4.18. The fraction of sp³-hybridized carbons (Fsp3) is 0.182. The highest BCUT2D eigenvalue weighted by Crippen LogP contribution is 2.10. The van der Waals surface area contributed by atoms with E-state index in [1.807, 2.05) is 60.7 Å². The summed E-state index contributed by atoms with van der Waals surface area (Å²) in [6, 6.07) is 21.5. The quantitative estimate of drug-likeness (QED) is 0.552. The number of thiophene rings is 1. The summed E-state index contributed by atoms with van der Waals surface area (Å²) < 4.78 is 5.20. The minimum Gasteiger partial charge on any atom is -0.452 e. The molecule has 138 valence electrons. The second-order valence-electron chi connectivity index (χ2n) is 6.12. The molecule has 4 nitrogen and oxygen atoms in total. The largest absolute Gasteiger partial charge is 0.452 e. The van der Waals surface area contributed by atoms with Gasteiger partial charge in [-0.15, -0.1) is 0 Å². The zero-order chi connectivity index (χ0) is 18.9. The third-order valence-electron chi connectivity index (χ3n) is 4.17. The van der Waals surface area contributed by atoms with Gasteiger partial charge in [0.05, 0.1) is 5.56 Å². The molecule has 0 bridgehead atoms. The summed E-state index contributed by atoms with van der Waals surface area (Å²) in [4.78, 5) is 26.4. The van der Waals surface area contributed by atoms with E-state index in [1.54, 1.807) is 21.7 Å². The van der Waals surface area contributed by atoms with Crippen LogP contribution in [-0.2, 0) is 22.5 Å². The minimum absolute atomic E-state index is 0.196. The van der Waals surface area contributed by atoms with Crippen LogP contribution in [0.3, 0.4) is 0 Å². The molecular formula is C22H21NO3S. The van der Waals surface area contributed by atoms with E-state index >= 15 is 0 Å². The van der Waals surface area contributed by atoms with Gasteiger partial charge < -0.3 is 9.64 Å². The summed E-state index contributed by atoms with van der Waals surface area (Å²) in [5.41, 5.74) is 2.69. The molecule has 1 heterocycles. The standard InChI is InChI=1S/C22H21NO3S/c24-21(16-26-22(25)20-12-14-27-17-20)23(15-19-9-5-2-6-10-19)13-11-18-7-3-1-4-8-18/h1-10,12,14,17H,11,13,15-16H2. The first-order valence-corrected chi connectivity index (χ1v) is 9.71. The van der Waals surface area contributed by atoms with Crippen molar-refractivity contribution in [3.8, 4) is 0 Å². The van der Waals surface area contributed by atoms with Crippen LogP contribution in [0.25, 0.3) is 0 Å².